The molecule has 2 N–H and O–H groups in total. The lowest BCUT2D eigenvalue weighted by Gasteiger charge is -2.27. The quantitative estimate of drug-likeness (QED) is 0.159. The third-order valence-electron chi connectivity index (χ3n) is 6.20. The normalized spacial score (nSPS) is 13.6. The molecule has 4 aromatic rings. The summed E-state index contributed by atoms with van der Waals surface area (Å²) in [5.74, 6) is -0.116. The van der Waals surface area contributed by atoms with Crippen LogP contribution in [0.2, 0.25) is 10.0 Å². The Morgan fingerprint density at radius 2 is 1.33 bits per heavy atom. The Morgan fingerprint density at radius 1 is 0.744 bits per heavy atom. The largest absolute Gasteiger partial charge is 0.461 e. The fourth-order valence-corrected chi connectivity index (χ4v) is 4.51. The van der Waals surface area contributed by atoms with Gasteiger partial charge in [-0.3, -0.25) is 5.32 Å². The number of aliphatic hydroxyl groups excluding tert-OH is 1. The lowest BCUT2D eigenvalue weighted by atomic mass is 9.95. The lowest BCUT2D eigenvalue weighted by Crippen LogP contribution is -2.33. The van der Waals surface area contributed by atoms with Gasteiger partial charge in [0.15, 0.2) is 0 Å². The molecule has 0 spiro atoms. The smallest absolute Gasteiger partial charge is 0.456 e. The van der Waals surface area contributed by atoms with Gasteiger partial charge in [-0.2, -0.15) is 30.7 Å². The molecular weight excluding hydrogens is 626 g/mol. The molecule has 0 bridgehead atoms. The Morgan fingerprint density at radius 3 is 1.95 bits per heavy atom. The molecule has 0 amide bonds. The van der Waals surface area contributed by atoms with Crippen LogP contribution in [0.5, 0.6) is 17.2 Å². The van der Waals surface area contributed by atoms with Crippen molar-refractivity contribution in [3.8, 4) is 17.2 Å². The van der Waals surface area contributed by atoms with E-state index < -0.39 is 48.7 Å². The SMILES string of the molecule is OCC(NC(c1cccc(Oc2cccc(Cl)c2Cl)c1)c1cccc(OC(F)(F)C(F)F)c1)c1cccc(C(F)(F)F)c1. The molecule has 0 aliphatic rings. The average molecular weight is 648 g/mol. The first-order valence-electron chi connectivity index (χ1n) is 12.5. The van der Waals surface area contributed by atoms with Gasteiger partial charge < -0.3 is 14.6 Å². The molecule has 0 heterocycles. The summed E-state index contributed by atoms with van der Waals surface area (Å²) >= 11 is 12.3. The maximum Gasteiger partial charge on any atom is 0.461 e. The van der Waals surface area contributed by atoms with Crippen LogP contribution in [0.4, 0.5) is 30.7 Å². The predicted octanol–water partition coefficient (Wildman–Crippen LogP) is 9.45. The summed E-state index contributed by atoms with van der Waals surface area (Å²) in [5.41, 5.74) is -0.262. The number of rotatable bonds is 11. The van der Waals surface area contributed by atoms with Gasteiger partial charge >= 0.3 is 18.7 Å². The molecule has 13 heteroatoms. The van der Waals surface area contributed by atoms with Gasteiger partial charge in [0, 0.05) is 0 Å². The van der Waals surface area contributed by atoms with Gasteiger partial charge in [0.1, 0.15) is 22.3 Å². The van der Waals surface area contributed by atoms with Crippen molar-refractivity contribution in [3.05, 3.63) is 123 Å². The Hall–Kier alpha value is -3.51. The van der Waals surface area contributed by atoms with Crippen LogP contribution in [0.15, 0.2) is 91.0 Å². The number of hydrogen-bond acceptors (Lipinski definition) is 4. The lowest BCUT2D eigenvalue weighted by molar-refractivity contribution is -0.253. The van der Waals surface area contributed by atoms with Crippen molar-refractivity contribution in [1.82, 2.24) is 5.32 Å². The van der Waals surface area contributed by atoms with Crippen LogP contribution >= 0.6 is 23.2 Å². The molecule has 0 radical (unpaired) electrons. The number of halogens is 9. The van der Waals surface area contributed by atoms with Crippen molar-refractivity contribution in [3.63, 3.8) is 0 Å². The summed E-state index contributed by atoms with van der Waals surface area (Å²) < 4.78 is 103. The van der Waals surface area contributed by atoms with Crippen molar-refractivity contribution in [2.75, 3.05) is 6.61 Å². The first-order valence-corrected chi connectivity index (χ1v) is 13.2. The molecule has 0 saturated heterocycles. The van der Waals surface area contributed by atoms with Crippen LogP contribution < -0.4 is 14.8 Å². The summed E-state index contributed by atoms with van der Waals surface area (Å²) in [7, 11) is 0. The average Bonchev–Trinajstić information content (AvgIpc) is 2.96. The number of aliphatic hydroxyl groups is 1. The van der Waals surface area contributed by atoms with Crippen molar-refractivity contribution < 1.29 is 45.3 Å². The van der Waals surface area contributed by atoms with Gasteiger partial charge in [0.05, 0.1) is 29.3 Å². The Bertz CT molecular complexity index is 1550. The topological polar surface area (TPSA) is 50.7 Å². The van der Waals surface area contributed by atoms with E-state index in [1.807, 2.05) is 0 Å². The summed E-state index contributed by atoms with van der Waals surface area (Å²) in [6.07, 6.45) is -13.5. The zero-order chi connectivity index (χ0) is 31.4. The Kier molecular flexibility index (Phi) is 10.1. The van der Waals surface area contributed by atoms with E-state index in [1.54, 1.807) is 36.4 Å². The summed E-state index contributed by atoms with van der Waals surface area (Å²) in [5, 5.41) is 13.6. The molecule has 2 atom stereocenters. The van der Waals surface area contributed by atoms with Gasteiger partial charge in [-0.15, -0.1) is 0 Å². The van der Waals surface area contributed by atoms with E-state index in [-0.39, 0.29) is 32.7 Å². The van der Waals surface area contributed by atoms with Crippen LogP contribution in [0, 0.1) is 0 Å². The fourth-order valence-electron chi connectivity index (χ4n) is 4.18. The van der Waals surface area contributed by atoms with Crippen LogP contribution in [0.25, 0.3) is 0 Å². The number of ether oxygens (including phenoxy) is 2. The van der Waals surface area contributed by atoms with E-state index in [4.69, 9.17) is 27.9 Å². The predicted molar refractivity (Wildman–Crippen MR) is 147 cm³/mol. The molecular formula is C30H22Cl2F7NO3. The van der Waals surface area contributed by atoms with Crippen LogP contribution in [-0.4, -0.2) is 24.2 Å². The minimum absolute atomic E-state index is 0.0806. The van der Waals surface area contributed by atoms with Crippen molar-refractivity contribution in [2.45, 2.75) is 30.8 Å². The summed E-state index contributed by atoms with van der Waals surface area (Å²) in [4.78, 5) is 0. The van der Waals surface area contributed by atoms with Crippen LogP contribution in [0.1, 0.15) is 34.3 Å². The monoisotopic (exact) mass is 647 g/mol. The highest BCUT2D eigenvalue weighted by molar-refractivity contribution is 6.42. The minimum Gasteiger partial charge on any atom is -0.456 e. The highest BCUT2D eigenvalue weighted by Crippen LogP contribution is 2.37. The molecule has 0 aliphatic heterocycles. The molecule has 4 aromatic carbocycles. The third kappa shape index (κ3) is 8.11. The third-order valence-corrected chi connectivity index (χ3v) is 7.00. The second-order valence-corrected chi connectivity index (χ2v) is 10.0. The van der Waals surface area contributed by atoms with E-state index in [0.717, 1.165) is 24.3 Å². The highest BCUT2D eigenvalue weighted by atomic mass is 35.5. The maximum atomic E-state index is 13.7. The van der Waals surface area contributed by atoms with Crippen LogP contribution in [0.3, 0.4) is 0 Å². The van der Waals surface area contributed by atoms with Gasteiger partial charge in [-0.25, -0.2) is 0 Å². The second-order valence-electron chi connectivity index (χ2n) is 9.22. The fraction of sp³-hybridized carbons (Fsp3) is 0.200. The first kappa shape index (κ1) is 32.4. The van der Waals surface area contributed by atoms with Crippen LogP contribution in [-0.2, 0) is 6.18 Å². The summed E-state index contributed by atoms with van der Waals surface area (Å²) in [6, 6.07) is 18.1. The standard InChI is InChI=1S/C30H22Cl2F7NO3/c31-23-11-4-12-25(26(23)32)42-21-9-2-6-18(14-21)27(19-7-3-10-22(15-19)43-30(38,39)28(33)34)40-24(16-41)17-5-1-8-20(13-17)29(35,36)37/h1-15,24,27-28,40-41H,16H2. The Labute approximate surface area is 251 Å². The van der Waals surface area contributed by atoms with Gasteiger partial charge in [-0.1, -0.05) is 65.7 Å². The second kappa shape index (κ2) is 13.4. The van der Waals surface area contributed by atoms with Crippen molar-refractivity contribution >= 4 is 23.2 Å². The first-order chi connectivity index (χ1) is 20.3. The molecule has 228 valence electrons. The van der Waals surface area contributed by atoms with E-state index in [2.05, 4.69) is 10.1 Å². The molecule has 0 saturated carbocycles. The number of alkyl halides is 7. The minimum atomic E-state index is -4.78. The molecule has 0 aliphatic carbocycles. The van der Waals surface area contributed by atoms with E-state index in [1.165, 1.54) is 30.3 Å². The zero-order valence-corrected chi connectivity index (χ0v) is 23.3. The molecule has 0 aromatic heterocycles. The van der Waals surface area contributed by atoms with Gasteiger partial charge in [-0.05, 0) is 65.2 Å². The molecule has 43 heavy (non-hydrogen) atoms. The number of nitrogens with one attached hydrogen (secondary N) is 1. The zero-order valence-electron chi connectivity index (χ0n) is 21.8. The molecule has 0 fully saturated rings. The van der Waals surface area contributed by atoms with Crippen molar-refractivity contribution in [1.29, 1.82) is 0 Å². The van der Waals surface area contributed by atoms with Crippen molar-refractivity contribution in [2.24, 2.45) is 0 Å². The van der Waals surface area contributed by atoms with E-state index >= 15 is 0 Å². The highest BCUT2D eigenvalue weighted by Gasteiger charge is 2.44. The van der Waals surface area contributed by atoms with Gasteiger partial charge in [0.25, 0.3) is 0 Å². The summed E-state index contributed by atoms with van der Waals surface area (Å²) in [6.45, 7) is -0.661. The van der Waals surface area contributed by atoms with E-state index in [9.17, 15) is 35.8 Å². The van der Waals surface area contributed by atoms with Gasteiger partial charge in [0.2, 0.25) is 0 Å². The molecule has 4 rings (SSSR count). The number of hydrogen-bond donors (Lipinski definition) is 2. The maximum absolute atomic E-state index is 13.7. The molecule has 4 nitrogen and oxygen atoms in total. The number of benzene rings is 4. The van der Waals surface area contributed by atoms with E-state index in [0.29, 0.717) is 5.56 Å². The Balaban J connectivity index is 1.76. The molecule has 2 unspecified atom stereocenters.